The zero-order valence-electron chi connectivity index (χ0n) is 13.1. The summed E-state index contributed by atoms with van der Waals surface area (Å²) < 4.78 is 15.6. The lowest BCUT2D eigenvalue weighted by molar-refractivity contribution is 0.380. The molecule has 2 unspecified atom stereocenters. The summed E-state index contributed by atoms with van der Waals surface area (Å²) in [4.78, 5) is 0. The Morgan fingerprint density at radius 1 is 0.667 bits per heavy atom. The van der Waals surface area contributed by atoms with E-state index < -0.39 is 17.0 Å². The molecule has 21 heavy (non-hydrogen) atoms. The normalized spacial score (nSPS) is 17.0. The van der Waals surface area contributed by atoms with Crippen molar-refractivity contribution in [2.45, 2.75) is 13.1 Å². The summed E-state index contributed by atoms with van der Waals surface area (Å²) in [5.41, 5.74) is 0. The Hall–Kier alpha value is -1.25. The zero-order chi connectivity index (χ0) is 15.3. The van der Waals surface area contributed by atoms with E-state index >= 15 is 0 Å². The third kappa shape index (κ3) is 3.50. The predicted molar refractivity (Wildman–Crippen MR) is 92.5 cm³/mol. The van der Waals surface area contributed by atoms with Gasteiger partial charge in [-0.2, -0.15) is 0 Å². The molecule has 0 radical (unpaired) electrons. The van der Waals surface area contributed by atoms with Crippen LogP contribution in [0.15, 0.2) is 60.7 Å². The maximum absolute atomic E-state index is 5.93. The number of benzene rings is 2. The van der Waals surface area contributed by atoms with Gasteiger partial charge in [0.15, 0.2) is 0 Å². The van der Waals surface area contributed by atoms with Crippen LogP contribution in [0.3, 0.4) is 0 Å². The highest BCUT2D eigenvalue weighted by Gasteiger charge is 2.42. The molecule has 0 saturated carbocycles. The van der Waals surface area contributed by atoms with E-state index in [1.807, 2.05) is 12.1 Å². The average molecular weight is 318 g/mol. The lowest BCUT2D eigenvalue weighted by atomic mass is 10.4. The average Bonchev–Trinajstić information content (AvgIpc) is 2.56. The Bertz CT molecular complexity index is 516. The highest BCUT2D eigenvalue weighted by molar-refractivity contribution is 6.98. The summed E-state index contributed by atoms with van der Waals surface area (Å²) in [6.45, 7) is 4.35. The van der Waals surface area contributed by atoms with Crippen LogP contribution in [0.2, 0.25) is 13.1 Å². The fourth-order valence-electron chi connectivity index (χ4n) is 2.45. The van der Waals surface area contributed by atoms with Crippen LogP contribution in [-0.2, 0) is 8.85 Å². The monoisotopic (exact) mass is 317 g/mol. The predicted octanol–water partition coefficient (Wildman–Crippen LogP) is 1.83. The summed E-state index contributed by atoms with van der Waals surface area (Å²) in [5.74, 6) is 0. The molecule has 1 N–H and O–H groups in total. The maximum Gasteiger partial charge on any atom is 0.294 e. The Morgan fingerprint density at radius 2 is 1.00 bits per heavy atom. The summed E-state index contributed by atoms with van der Waals surface area (Å²) in [7, 11) is -0.945. The Morgan fingerprint density at radius 3 is 1.29 bits per heavy atom. The van der Waals surface area contributed by atoms with Gasteiger partial charge in [-0.15, -0.1) is 0 Å². The van der Waals surface area contributed by atoms with E-state index in [4.69, 9.17) is 8.85 Å². The highest BCUT2D eigenvalue weighted by atomic mass is 28.4. The second-order valence-corrected chi connectivity index (χ2v) is 12.4. The van der Waals surface area contributed by atoms with E-state index in [1.54, 1.807) is 14.2 Å². The molecular weight excluding hydrogens is 294 g/mol. The Kier molecular flexibility index (Phi) is 5.13. The number of rotatable bonds is 6. The van der Waals surface area contributed by atoms with Crippen molar-refractivity contribution in [3.8, 4) is 0 Å². The van der Waals surface area contributed by atoms with Crippen LogP contribution in [-0.4, -0.2) is 31.2 Å². The van der Waals surface area contributed by atoms with Crippen molar-refractivity contribution in [1.29, 1.82) is 0 Å². The van der Waals surface area contributed by atoms with Crippen LogP contribution in [0.4, 0.5) is 0 Å². The van der Waals surface area contributed by atoms with Gasteiger partial charge in [0.05, 0.1) is 0 Å². The van der Waals surface area contributed by atoms with Crippen LogP contribution in [0.25, 0.3) is 0 Å². The van der Waals surface area contributed by atoms with Gasteiger partial charge < -0.3 is 13.5 Å². The van der Waals surface area contributed by atoms with Crippen molar-refractivity contribution in [2.24, 2.45) is 0 Å². The number of nitrogens with one attached hydrogen (secondary N) is 1. The molecule has 2 rings (SSSR count). The van der Waals surface area contributed by atoms with Crippen LogP contribution < -0.4 is 15.0 Å². The molecule has 0 amide bonds. The molecule has 0 aliphatic carbocycles. The SMILES string of the molecule is CO[Si](C)(N[Si](C)(OC)c1ccccc1)c1ccccc1. The van der Waals surface area contributed by atoms with E-state index in [0.717, 1.165) is 0 Å². The van der Waals surface area contributed by atoms with E-state index in [-0.39, 0.29) is 0 Å². The van der Waals surface area contributed by atoms with Gasteiger partial charge in [-0.3, -0.25) is 0 Å². The smallest absolute Gasteiger partial charge is 0.294 e. The van der Waals surface area contributed by atoms with Crippen molar-refractivity contribution in [1.82, 2.24) is 4.65 Å². The topological polar surface area (TPSA) is 30.5 Å². The van der Waals surface area contributed by atoms with Gasteiger partial charge in [0.25, 0.3) is 17.0 Å². The maximum atomic E-state index is 5.93. The number of hydrogen-bond acceptors (Lipinski definition) is 3. The Balaban J connectivity index is 2.36. The van der Waals surface area contributed by atoms with Gasteiger partial charge in [0, 0.05) is 14.2 Å². The first-order chi connectivity index (χ1) is 10.0. The van der Waals surface area contributed by atoms with Gasteiger partial charge in [-0.05, 0) is 23.5 Å². The molecule has 2 aromatic carbocycles. The molecule has 0 aliphatic heterocycles. The van der Waals surface area contributed by atoms with Crippen molar-refractivity contribution in [3.05, 3.63) is 60.7 Å². The Labute approximate surface area is 129 Å². The first kappa shape index (κ1) is 16.1. The fraction of sp³-hybridized carbons (Fsp3) is 0.250. The first-order valence-corrected chi connectivity index (χ1v) is 11.9. The van der Waals surface area contributed by atoms with Crippen molar-refractivity contribution < 1.29 is 8.85 Å². The van der Waals surface area contributed by atoms with Crippen LogP contribution in [0, 0.1) is 0 Å². The van der Waals surface area contributed by atoms with Gasteiger partial charge in [0.1, 0.15) is 0 Å². The van der Waals surface area contributed by atoms with Gasteiger partial charge in [0.2, 0.25) is 0 Å². The molecular formula is C16H23NO2Si2. The van der Waals surface area contributed by atoms with E-state index in [2.05, 4.69) is 66.3 Å². The molecule has 0 heterocycles. The van der Waals surface area contributed by atoms with Gasteiger partial charge in [-0.1, -0.05) is 60.7 Å². The molecule has 0 aliphatic rings. The van der Waals surface area contributed by atoms with Gasteiger partial charge in [-0.25, -0.2) is 0 Å². The standard InChI is InChI=1S/C16H23NO2Si2/c1-18-20(3,15-11-7-5-8-12-15)17-21(4,19-2)16-13-9-6-10-14-16/h5-14,17H,1-4H3. The van der Waals surface area contributed by atoms with Crippen molar-refractivity contribution in [2.75, 3.05) is 14.2 Å². The summed E-state index contributed by atoms with van der Waals surface area (Å²) >= 11 is 0. The molecule has 2 aromatic rings. The summed E-state index contributed by atoms with van der Waals surface area (Å²) in [6, 6.07) is 20.7. The number of hydrogen-bond donors (Lipinski definition) is 1. The minimum Gasteiger partial charge on any atom is -0.403 e. The van der Waals surface area contributed by atoms with E-state index in [1.165, 1.54) is 10.4 Å². The molecule has 0 fully saturated rings. The third-order valence-corrected chi connectivity index (χ3v) is 12.3. The molecule has 5 heteroatoms. The lowest BCUT2D eigenvalue weighted by Crippen LogP contribution is -2.74. The van der Waals surface area contributed by atoms with E-state index in [9.17, 15) is 0 Å². The van der Waals surface area contributed by atoms with Crippen LogP contribution in [0.5, 0.6) is 0 Å². The quantitative estimate of drug-likeness (QED) is 0.825. The molecule has 0 aromatic heterocycles. The minimum absolute atomic E-state index is 1.22. The molecule has 0 saturated heterocycles. The van der Waals surface area contributed by atoms with Crippen LogP contribution in [0.1, 0.15) is 0 Å². The van der Waals surface area contributed by atoms with Gasteiger partial charge >= 0.3 is 0 Å². The largest absolute Gasteiger partial charge is 0.403 e. The molecule has 112 valence electrons. The fourth-order valence-corrected chi connectivity index (χ4v) is 10.2. The van der Waals surface area contributed by atoms with E-state index in [0.29, 0.717) is 0 Å². The third-order valence-electron chi connectivity index (χ3n) is 3.94. The van der Waals surface area contributed by atoms with Crippen molar-refractivity contribution in [3.63, 3.8) is 0 Å². The molecule has 0 bridgehead atoms. The molecule has 3 nitrogen and oxygen atoms in total. The molecule has 2 atom stereocenters. The highest BCUT2D eigenvalue weighted by Crippen LogP contribution is 2.09. The summed E-state index contributed by atoms with van der Waals surface area (Å²) in [6.07, 6.45) is 0. The second kappa shape index (κ2) is 6.68. The lowest BCUT2D eigenvalue weighted by Gasteiger charge is -2.36. The molecule has 0 spiro atoms. The summed E-state index contributed by atoms with van der Waals surface area (Å²) in [5, 5.41) is 2.44. The minimum atomic E-state index is -2.25. The zero-order valence-corrected chi connectivity index (χ0v) is 15.1. The first-order valence-electron chi connectivity index (χ1n) is 7.05. The van der Waals surface area contributed by atoms with Crippen LogP contribution >= 0.6 is 0 Å². The second-order valence-electron chi connectivity index (χ2n) is 5.33. The van der Waals surface area contributed by atoms with Crippen molar-refractivity contribution >= 4 is 27.3 Å².